The molecule has 34 heavy (non-hydrogen) atoms. The lowest BCUT2D eigenvalue weighted by atomic mass is 10.2. The maximum absolute atomic E-state index is 14.9. The summed E-state index contributed by atoms with van der Waals surface area (Å²) in [5, 5.41) is 0. The van der Waals surface area contributed by atoms with Gasteiger partial charge in [-0.15, -0.1) is 0 Å². The molecule has 0 aliphatic heterocycles. The molecule has 0 radical (unpaired) electrons. The highest BCUT2D eigenvalue weighted by Gasteiger charge is 2.45. The highest BCUT2D eigenvalue weighted by atomic mass is 27.2. The standard InChI is InChI=1S/2C7H3F4.C7H4F3O.Al/c2*1-3-6(10)4(8)2-5(9)7(3)11;1-11-7-3-5(9)4(8)2-6(7)10;/h2*1H3;2H,1H3;. The number of halogens is 11. The van der Waals surface area contributed by atoms with Crippen molar-refractivity contribution in [1.82, 2.24) is 0 Å². The van der Waals surface area contributed by atoms with Gasteiger partial charge in [0.15, 0.2) is 40.7 Å². The molecule has 0 heterocycles. The molecule has 0 atom stereocenters. The molecule has 0 spiro atoms. The van der Waals surface area contributed by atoms with Crippen molar-refractivity contribution >= 4 is 27.4 Å². The largest absolute Gasteiger partial charge is 0.495 e. The van der Waals surface area contributed by atoms with Crippen molar-refractivity contribution in [2.75, 3.05) is 7.11 Å². The molecule has 3 aromatic rings. The van der Waals surface area contributed by atoms with Crippen LogP contribution in [0.2, 0.25) is 0 Å². The molecule has 0 aromatic heterocycles. The van der Waals surface area contributed by atoms with Crippen LogP contribution in [-0.2, 0) is 0 Å². The van der Waals surface area contributed by atoms with Crippen LogP contribution in [0.4, 0.5) is 48.3 Å². The van der Waals surface area contributed by atoms with Crippen LogP contribution in [0.5, 0.6) is 5.75 Å². The Balaban J connectivity index is 2.68. The van der Waals surface area contributed by atoms with Crippen molar-refractivity contribution in [3.63, 3.8) is 0 Å². The zero-order chi connectivity index (χ0) is 25.8. The second kappa shape index (κ2) is 9.11. The van der Waals surface area contributed by atoms with Crippen molar-refractivity contribution in [3.8, 4) is 5.75 Å². The van der Waals surface area contributed by atoms with E-state index in [0.717, 1.165) is 0 Å². The van der Waals surface area contributed by atoms with Crippen LogP contribution in [0.1, 0.15) is 11.1 Å². The monoisotopic (exact) mass is 514 g/mol. The van der Waals surface area contributed by atoms with Crippen LogP contribution in [0.3, 0.4) is 0 Å². The number of benzene rings is 3. The molecule has 0 fully saturated rings. The topological polar surface area (TPSA) is 9.23 Å². The van der Waals surface area contributed by atoms with E-state index >= 15 is 0 Å². The van der Waals surface area contributed by atoms with Gasteiger partial charge in [-0.3, -0.25) is 0 Å². The second-order valence-electron chi connectivity index (χ2n) is 7.12. The maximum Gasteiger partial charge on any atom is 0.414 e. The molecule has 0 N–H and O–H groups in total. The molecule has 0 bridgehead atoms. The van der Waals surface area contributed by atoms with Gasteiger partial charge in [-0.05, 0) is 27.1 Å². The van der Waals surface area contributed by atoms with Gasteiger partial charge in [0.05, 0.1) is 7.11 Å². The molecule has 1 nitrogen and oxygen atoms in total. The molecule has 13 heteroatoms. The van der Waals surface area contributed by atoms with Gasteiger partial charge in [-0.25, -0.2) is 48.3 Å². The van der Waals surface area contributed by atoms with Crippen molar-refractivity contribution in [1.29, 1.82) is 0 Å². The first kappa shape index (κ1) is 25.8. The van der Waals surface area contributed by atoms with Crippen LogP contribution >= 0.6 is 0 Å². The smallest absolute Gasteiger partial charge is 0.414 e. The second-order valence-corrected chi connectivity index (χ2v) is 9.72. The third-order valence-electron chi connectivity index (χ3n) is 5.26. The lowest BCUT2D eigenvalue weighted by Gasteiger charge is -2.22. The zero-order valence-electron chi connectivity index (χ0n) is 17.2. The average molecular weight is 514 g/mol. The normalized spacial score (nSPS) is 11.2. The third-order valence-corrected chi connectivity index (χ3v) is 8.53. The molecule has 0 saturated heterocycles. The summed E-state index contributed by atoms with van der Waals surface area (Å²) in [6.07, 6.45) is 0. The Morgan fingerprint density at radius 2 is 0.853 bits per heavy atom. The van der Waals surface area contributed by atoms with E-state index in [1.807, 2.05) is 0 Å². The molecule has 3 rings (SSSR count). The molecule has 0 aliphatic carbocycles. The fraction of sp³-hybridized carbons (Fsp3) is 0.143. The quantitative estimate of drug-likeness (QED) is 0.286. The van der Waals surface area contributed by atoms with Gasteiger partial charge in [0.2, 0.25) is 0 Å². The predicted octanol–water partition coefficient (Wildman–Crippen LogP) is 4.36. The minimum atomic E-state index is -5.21. The van der Waals surface area contributed by atoms with E-state index in [2.05, 4.69) is 4.74 Å². The number of hydrogen-bond donors (Lipinski definition) is 0. The minimum absolute atomic E-state index is 0.0881. The average Bonchev–Trinajstić information content (AvgIpc) is 2.80. The SMILES string of the molecule is COc1c(F)cc(F)c(F)[c]1[Al]([c]1c(F)c(F)c(C)c(F)c1F)[c]1c(F)c(F)c(C)c(F)c1F. The van der Waals surface area contributed by atoms with Crippen molar-refractivity contribution < 1.29 is 53.0 Å². The lowest BCUT2D eigenvalue weighted by Crippen LogP contribution is -2.59. The van der Waals surface area contributed by atoms with Crippen LogP contribution < -0.4 is 18.0 Å². The third kappa shape index (κ3) is 3.71. The summed E-state index contributed by atoms with van der Waals surface area (Å²) in [6, 6.07) is -0.0881. The molecule has 3 aromatic carbocycles. The Hall–Kier alpha value is -2.78. The first-order chi connectivity index (χ1) is 15.8. The summed E-state index contributed by atoms with van der Waals surface area (Å²) in [7, 11) is 0.650. The number of rotatable bonds is 4. The minimum Gasteiger partial charge on any atom is -0.495 e. The predicted molar refractivity (Wildman–Crippen MR) is 99.5 cm³/mol. The summed E-state index contributed by atoms with van der Waals surface area (Å²) in [5.74, 6) is -24.9. The number of methoxy groups -OCH3 is 1. The zero-order valence-corrected chi connectivity index (χ0v) is 18.4. The maximum atomic E-state index is 14.9. The van der Waals surface area contributed by atoms with E-state index in [1.165, 1.54) is 0 Å². The van der Waals surface area contributed by atoms with E-state index in [9.17, 15) is 48.3 Å². The van der Waals surface area contributed by atoms with Gasteiger partial charge in [0.25, 0.3) is 0 Å². The fourth-order valence-electron chi connectivity index (χ4n) is 3.52. The van der Waals surface area contributed by atoms with Crippen molar-refractivity contribution in [2.24, 2.45) is 0 Å². The van der Waals surface area contributed by atoms with E-state index in [1.54, 1.807) is 0 Å². The van der Waals surface area contributed by atoms with E-state index in [4.69, 9.17) is 0 Å². The van der Waals surface area contributed by atoms with Gasteiger partial charge in [0.1, 0.15) is 29.0 Å². The number of hydrogen-bond acceptors (Lipinski definition) is 1. The van der Waals surface area contributed by atoms with Gasteiger partial charge in [-0.1, -0.05) is 0 Å². The molecule has 0 amide bonds. The van der Waals surface area contributed by atoms with Gasteiger partial charge in [-0.2, -0.15) is 0 Å². The van der Waals surface area contributed by atoms with Crippen molar-refractivity contribution in [2.45, 2.75) is 13.8 Å². The molecule has 0 unspecified atom stereocenters. The first-order valence-electron chi connectivity index (χ1n) is 9.13. The first-order valence-corrected chi connectivity index (χ1v) is 10.9. The van der Waals surface area contributed by atoms with Gasteiger partial charge in [0, 0.05) is 17.2 Å². The highest BCUT2D eigenvalue weighted by Crippen LogP contribution is 2.25. The van der Waals surface area contributed by atoms with E-state index in [0.29, 0.717) is 21.0 Å². The Bertz CT molecular complexity index is 1210. The summed E-state index contributed by atoms with van der Waals surface area (Å²) in [6.45, 7) is 1.18. The Kier molecular flexibility index (Phi) is 6.92. The van der Waals surface area contributed by atoms with E-state index in [-0.39, 0.29) is 6.07 Å². The Morgan fingerprint density at radius 3 is 1.18 bits per heavy atom. The van der Waals surface area contributed by atoms with Crippen LogP contribution in [0, 0.1) is 77.8 Å². The lowest BCUT2D eigenvalue weighted by molar-refractivity contribution is 0.381. The van der Waals surface area contributed by atoms with Crippen LogP contribution in [-0.4, -0.2) is 21.3 Å². The van der Waals surface area contributed by atoms with Crippen LogP contribution in [0.25, 0.3) is 0 Å². The Labute approximate surface area is 188 Å². The van der Waals surface area contributed by atoms with Crippen LogP contribution in [0.15, 0.2) is 6.07 Å². The molecular formula is C21H10AlF11O. The fourth-order valence-corrected chi connectivity index (χ4v) is 6.82. The van der Waals surface area contributed by atoms with Gasteiger partial charge >= 0.3 is 14.1 Å². The summed E-state index contributed by atoms with van der Waals surface area (Å²) in [5.41, 5.74) is -2.46. The summed E-state index contributed by atoms with van der Waals surface area (Å²) < 4.78 is 159. The van der Waals surface area contributed by atoms with Crippen molar-refractivity contribution in [3.05, 3.63) is 81.2 Å². The Morgan fingerprint density at radius 1 is 0.500 bits per heavy atom. The molecule has 0 aliphatic rings. The molecular weight excluding hydrogens is 504 g/mol. The molecule has 0 saturated carbocycles. The number of ether oxygens (including phenoxy) is 1. The summed E-state index contributed by atoms with van der Waals surface area (Å²) in [4.78, 5) is 0. The molecule has 180 valence electrons. The van der Waals surface area contributed by atoms with Gasteiger partial charge < -0.3 is 4.74 Å². The highest BCUT2D eigenvalue weighted by molar-refractivity contribution is 6.96. The van der Waals surface area contributed by atoms with E-state index < -0.39 is 108 Å². The summed E-state index contributed by atoms with van der Waals surface area (Å²) >= 11 is -5.21.